The van der Waals surface area contributed by atoms with Crippen molar-refractivity contribution >= 4 is 35.0 Å². The predicted octanol–water partition coefficient (Wildman–Crippen LogP) is 2.87. The maximum absolute atomic E-state index is 12.0. The number of halogens is 1. The molecule has 1 unspecified atom stereocenters. The van der Waals surface area contributed by atoms with Crippen LogP contribution in [0.3, 0.4) is 0 Å². The summed E-state index contributed by atoms with van der Waals surface area (Å²) in [5.41, 5.74) is -0.0941. The second-order valence-electron chi connectivity index (χ2n) is 4.24. The molecular weight excluding hydrogens is 288 g/mol. The summed E-state index contributed by atoms with van der Waals surface area (Å²) < 4.78 is 0. The van der Waals surface area contributed by atoms with Crippen LogP contribution in [0.1, 0.15) is 23.2 Å². The fraction of sp³-hybridized carbons (Fsp3) is 0.417. The lowest BCUT2D eigenvalue weighted by Gasteiger charge is -2.10. The van der Waals surface area contributed by atoms with Gasteiger partial charge < -0.3 is 5.32 Å². The molecule has 1 amide bonds. The van der Waals surface area contributed by atoms with Crippen LogP contribution in [0.25, 0.3) is 0 Å². The number of thioether (sulfide) groups is 1. The van der Waals surface area contributed by atoms with Gasteiger partial charge in [0, 0.05) is 17.9 Å². The Kier molecular flexibility index (Phi) is 4.66. The third-order valence-corrected chi connectivity index (χ3v) is 4.73. The van der Waals surface area contributed by atoms with Gasteiger partial charge in [-0.1, -0.05) is 17.7 Å². The van der Waals surface area contributed by atoms with Gasteiger partial charge in [0.25, 0.3) is 11.6 Å². The highest BCUT2D eigenvalue weighted by molar-refractivity contribution is 8.00. The Morgan fingerprint density at radius 1 is 1.58 bits per heavy atom. The number of carbonyl (C=O) groups is 1. The van der Waals surface area contributed by atoms with Crippen LogP contribution in [-0.4, -0.2) is 28.4 Å². The minimum atomic E-state index is -0.591. The molecule has 0 radical (unpaired) electrons. The molecular formula is C12H13ClN2O3S. The first kappa shape index (κ1) is 14.1. The summed E-state index contributed by atoms with van der Waals surface area (Å²) in [7, 11) is 0. The van der Waals surface area contributed by atoms with Crippen molar-refractivity contribution in [1.29, 1.82) is 0 Å². The average Bonchev–Trinajstić information content (AvgIpc) is 2.89. The minimum Gasteiger partial charge on any atom is -0.351 e. The van der Waals surface area contributed by atoms with E-state index in [1.54, 1.807) is 0 Å². The van der Waals surface area contributed by atoms with E-state index < -0.39 is 4.92 Å². The summed E-state index contributed by atoms with van der Waals surface area (Å²) >= 11 is 7.72. The van der Waals surface area contributed by atoms with Gasteiger partial charge in [0.15, 0.2) is 0 Å². The maximum Gasteiger partial charge on any atom is 0.288 e. The van der Waals surface area contributed by atoms with Crippen molar-refractivity contribution in [2.75, 3.05) is 12.3 Å². The molecule has 0 spiro atoms. The van der Waals surface area contributed by atoms with Crippen LogP contribution < -0.4 is 5.32 Å². The van der Waals surface area contributed by atoms with Crippen LogP contribution in [0.2, 0.25) is 5.02 Å². The molecule has 0 bridgehead atoms. The Hall–Kier alpha value is -1.27. The summed E-state index contributed by atoms with van der Waals surface area (Å²) in [6.45, 7) is 0.572. The molecule has 5 nitrogen and oxygen atoms in total. The van der Waals surface area contributed by atoms with E-state index in [0.29, 0.717) is 11.8 Å². The number of nitro benzene ring substituents is 1. The smallest absolute Gasteiger partial charge is 0.288 e. The van der Waals surface area contributed by atoms with Gasteiger partial charge in [-0.05, 0) is 24.7 Å². The predicted molar refractivity (Wildman–Crippen MR) is 75.9 cm³/mol. The lowest BCUT2D eigenvalue weighted by molar-refractivity contribution is -0.384. The number of hydrogen-bond donors (Lipinski definition) is 1. The van der Waals surface area contributed by atoms with Crippen LogP contribution in [-0.2, 0) is 0 Å². The zero-order valence-corrected chi connectivity index (χ0v) is 11.7. The number of amides is 1. The van der Waals surface area contributed by atoms with Crippen molar-refractivity contribution in [3.05, 3.63) is 38.9 Å². The molecule has 0 aliphatic carbocycles. The Morgan fingerprint density at radius 2 is 2.37 bits per heavy atom. The van der Waals surface area contributed by atoms with Crippen molar-refractivity contribution in [2.45, 2.75) is 18.1 Å². The van der Waals surface area contributed by atoms with Gasteiger partial charge in [0.1, 0.15) is 5.02 Å². The van der Waals surface area contributed by atoms with E-state index in [0.717, 1.165) is 12.2 Å². The normalized spacial score (nSPS) is 18.3. The second-order valence-corrected chi connectivity index (χ2v) is 6.03. The molecule has 19 heavy (non-hydrogen) atoms. The molecule has 1 fully saturated rings. The lowest BCUT2D eigenvalue weighted by atomic mass is 10.2. The number of hydrogen-bond acceptors (Lipinski definition) is 4. The molecule has 0 saturated carbocycles. The summed E-state index contributed by atoms with van der Waals surface area (Å²) in [4.78, 5) is 22.1. The number of nitrogens with one attached hydrogen (secondary N) is 1. The Balaban J connectivity index is 2.06. The highest BCUT2D eigenvalue weighted by Gasteiger charge is 2.21. The summed E-state index contributed by atoms with van der Waals surface area (Å²) in [5, 5.41) is 13.9. The van der Waals surface area contributed by atoms with Gasteiger partial charge in [0.2, 0.25) is 0 Å². The van der Waals surface area contributed by atoms with Crippen LogP contribution in [0.5, 0.6) is 0 Å². The van der Waals surface area contributed by atoms with E-state index in [1.165, 1.54) is 24.6 Å². The highest BCUT2D eigenvalue weighted by Crippen LogP contribution is 2.28. The first-order valence-electron chi connectivity index (χ1n) is 5.92. The Labute approximate surface area is 119 Å². The van der Waals surface area contributed by atoms with Gasteiger partial charge in [-0.25, -0.2) is 0 Å². The van der Waals surface area contributed by atoms with Gasteiger partial charge >= 0.3 is 0 Å². The van der Waals surface area contributed by atoms with Gasteiger partial charge in [-0.3, -0.25) is 14.9 Å². The zero-order chi connectivity index (χ0) is 13.8. The fourth-order valence-corrected chi connectivity index (χ4v) is 3.43. The van der Waals surface area contributed by atoms with Crippen molar-refractivity contribution in [3.8, 4) is 0 Å². The molecule has 1 aromatic carbocycles. The van der Waals surface area contributed by atoms with E-state index in [-0.39, 0.29) is 22.2 Å². The zero-order valence-electron chi connectivity index (χ0n) is 10.1. The van der Waals surface area contributed by atoms with E-state index in [9.17, 15) is 14.9 Å². The van der Waals surface area contributed by atoms with Crippen LogP contribution in [0.4, 0.5) is 5.69 Å². The monoisotopic (exact) mass is 300 g/mol. The van der Waals surface area contributed by atoms with Crippen molar-refractivity contribution in [3.63, 3.8) is 0 Å². The molecule has 2 rings (SSSR count). The van der Waals surface area contributed by atoms with Crippen molar-refractivity contribution < 1.29 is 9.72 Å². The summed E-state index contributed by atoms with van der Waals surface area (Å²) in [5.74, 6) is 0.763. The lowest BCUT2D eigenvalue weighted by Crippen LogP contribution is -2.29. The molecule has 0 aromatic heterocycles. The SMILES string of the molecule is O=C(NCC1CCCS1)c1cccc([N+](=O)[O-])c1Cl. The third kappa shape index (κ3) is 3.39. The number of nitrogens with zero attached hydrogens (tertiary/aromatic N) is 1. The average molecular weight is 301 g/mol. The van der Waals surface area contributed by atoms with Crippen LogP contribution >= 0.6 is 23.4 Å². The first-order valence-corrected chi connectivity index (χ1v) is 7.35. The van der Waals surface area contributed by atoms with Crippen molar-refractivity contribution in [1.82, 2.24) is 5.32 Å². The third-order valence-electron chi connectivity index (χ3n) is 2.93. The summed E-state index contributed by atoms with van der Waals surface area (Å²) in [6.07, 6.45) is 2.26. The Bertz CT molecular complexity index is 504. The molecule has 102 valence electrons. The molecule has 1 N–H and O–H groups in total. The van der Waals surface area contributed by atoms with Gasteiger partial charge in [-0.2, -0.15) is 11.8 Å². The quantitative estimate of drug-likeness (QED) is 0.685. The molecule has 1 aliphatic heterocycles. The first-order chi connectivity index (χ1) is 9.09. The molecule has 1 aromatic rings. The molecule has 1 aliphatic rings. The number of rotatable bonds is 4. The number of benzene rings is 1. The number of carbonyl (C=O) groups excluding carboxylic acids is 1. The van der Waals surface area contributed by atoms with E-state index in [2.05, 4.69) is 5.32 Å². The fourth-order valence-electron chi connectivity index (χ4n) is 1.94. The molecule has 1 atom stereocenters. The van der Waals surface area contributed by atoms with Crippen molar-refractivity contribution in [2.24, 2.45) is 0 Å². The van der Waals surface area contributed by atoms with E-state index in [4.69, 9.17) is 11.6 Å². The molecule has 1 heterocycles. The standard InChI is InChI=1S/C12H13ClN2O3S/c13-11-9(4-1-5-10(11)15(17)18)12(16)14-7-8-3-2-6-19-8/h1,4-5,8H,2-3,6-7H2,(H,14,16). The van der Waals surface area contributed by atoms with Gasteiger partial charge in [0.05, 0.1) is 10.5 Å². The van der Waals surface area contributed by atoms with Crippen LogP contribution in [0.15, 0.2) is 18.2 Å². The van der Waals surface area contributed by atoms with E-state index >= 15 is 0 Å². The molecule has 1 saturated heterocycles. The largest absolute Gasteiger partial charge is 0.351 e. The molecule has 7 heteroatoms. The topological polar surface area (TPSA) is 72.2 Å². The van der Waals surface area contributed by atoms with E-state index in [1.807, 2.05) is 11.8 Å². The second kappa shape index (κ2) is 6.25. The minimum absolute atomic E-state index is 0.107. The Morgan fingerprint density at radius 3 is 3.00 bits per heavy atom. The summed E-state index contributed by atoms with van der Waals surface area (Å²) in [6, 6.07) is 4.24. The number of nitro groups is 1. The van der Waals surface area contributed by atoms with Crippen LogP contribution in [0, 0.1) is 10.1 Å². The van der Waals surface area contributed by atoms with Gasteiger partial charge in [-0.15, -0.1) is 0 Å². The maximum atomic E-state index is 12.0. The highest BCUT2D eigenvalue weighted by atomic mass is 35.5.